The maximum atomic E-state index is 10.6. The molecule has 0 radical (unpaired) electrons. The lowest BCUT2D eigenvalue weighted by atomic mass is 10.1. The first-order valence-electron chi connectivity index (χ1n) is 6.32. The Hall–Kier alpha value is -1.18. The van der Waals surface area contributed by atoms with Crippen molar-refractivity contribution in [3.63, 3.8) is 0 Å². The Morgan fingerprint density at radius 2 is 1.82 bits per heavy atom. The molecule has 1 saturated heterocycles. The third kappa shape index (κ3) is 7.20. The molecule has 124 valence electrons. The Morgan fingerprint density at radius 3 is 2.23 bits per heavy atom. The third-order valence-corrected chi connectivity index (χ3v) is 3.07. The zero-order chi connectivity index (χ0) is 16.8. The molecule has 1 aromatic rings. The van der Waals surface area contributed by atoms with Gasteiger partial charge in [0.05, 0.1) is 0 Å². The fourth-order valence-corrected chi connectivity index (χ4v) is 2.22. The highest BCUT2D eigenvalue weighted by Gasteiger charge is 2.38. The fourth-order valence-electron chi connectivity index (χ4n) is 1.71. The number of alkyl halides is 3. The van der Waals surface area contributed by atoms with Gasteiger partial charge in [0, 0.05) is 16.6 Å². The third-order valence-electron chi connectivity index (χ3n) is 2.63. The average molecular weight is 360 g/mol. The number of nitrogens with one attached hydrogen (secondary N) is 1. The van der Waals surface area contributed by atoms with Crippen LogP contribution in [0.25, 0.3) is 0 Å². The Labute approximate surface area is 135 Å². The number of ether oxygens (including phenoxy) is 1. The molecule has 1 heterocycles. The number of halogens is 5. The molecule has 1 aliphatic rings. The maximum absolute atomic E-state index is 10.6. The summed E-state index contributed by atoms with van der Waals surface area (Å²) in [6.07, 6.45) is -2.62. The van der Waals surface area contributed by atoms with E-state index in [9.17, 15) is 13.2 Å². The second kappa shape index (κ2) is 8.45. The molecule has 1 aromatic carbocycles. The van der Waals surface area contributed by atoms with Crippen molar-refractivity contribution in [1.82, 2.24) is 5.32 Å². The molecule has 2 N–H and O–H groups in total. The highest BCUT2D eigenvalue weighted by molar-refractivity contribution is 6.34. The van der Waals surface area contributed by atoms with Gasteiger partial charge >= 0.3 is 12.1 Å². The topological polar surface area (TPSA) is 58.6 Å². The number of carbonyl (C=O) groups is 1. The van der Waals surface area contributed by atoms with Crippen LogP contribution in [0.4, 0.5) is 13.2 Å². The van der Waals surface area contributed by atoms with Gasteiger partial charge in [-0.15, -0.1) is 0 Å². The van der Waals surface area contributed by atoms with E-state index in [2.05, 4.69) is 5.32 Å². The van der Waals surface area contributed by atoms with Crippen molar-refractivity contribution in [2.45, 2.75) is 25.1 Å². The Morgan fingerprint density at radius 1 is 1.27 bits per heavy atom. The van der Waals surface area contributed by atoms with Crippen LogP contribution in [0.2, 0.25) is 10.0 Å². The van der Waals surface area contributed by atoms with Gasteiger partial charge in [0.2, 0.25) is 0 Å². The smallest absolute Gasteiger partial charge is 0.489 e. The number of aliphatic carboxylic acids is 1. The van der Waals surface area contributed by atoms with E-state index in [1.807, 2.05) is 0 Å². The van der Waals surface area contributed by atoms with Gasteiger partial charge in [0.15, 0.2) is 0 Å². The summed E-state index contributed by atoms with van der Waals surface area (Å²) in [5.74, 6) is -2.01. The maximum Gasteiger partial charge on any atom is 0.490 e. The fraction of sp³-hybridized carbons (Fsp3) is 0.462. The van der Waals surface area contributed by atoms with Crippen molar-refractivity contribution >= 4 is 29.2 Å². The van der Waals surface area contributed by atoms with Crippen molar-refractivity contribution in [3.8, 4) is 5.75 Å². The standard InChI is InChI=1S/C11H13Cl2NO.C2HF3O2/c12-8-4-9(13)6-11(5-8)15-10-2-1-3-14-7-10;3-2(4,5)1(6)7/h4-6,10,14H,1-3,7H2;(H,6,7)/t10-;/m1./s1. The molecule has 9 heteroatoms. The van der Waals surface area contributed by atoms with Gasteiger partial charge in [-0.2, -0.15) is 13.2 Å². The highest BCUT2D eigenvalue weighted by atomic mass is 35.5. The van der Waals surface area contributed by atoms with Gasteiger partial charge in [-0.25, -0.2) is 4.79 Å². The molecule has 0 bridgehead atoms. The van der Waals surface area contributed by atoms with Crippen LogP contribution in [-0.2, 0) is 4.79 Å². The number of hydrogen-bond acceptors (Lipinski definition) is 3. The van der Waals surface area contributed by atoms with Crippen LogP contribution in [0.15, 0.2) is 18.2 Å². The van der Waals surface area contributed by atoms with E-state index in [4.69, 9.17) is 37.8 Å². The van der Waals surface area contributed by atoms with Crippen LogP contribution >= 0.6 is 23.2 Å². The predicted octanol–water partition coefficient (Wildman–Crippen LogP) is 3.76. The SMILES string of the molecule is Clc1cc(Cl)cc(O[C@@H]2CCCNC2)c1.O=C(O)C(F)(F)F. The Bertz CT molecular complexity index is 486. The molecule has 0 aliphatic carbocycles. The summed E-state index contributed by atoms with van der Waals surface area (Å²) in [5.41, 5.74) is 0. The summed E-state index contributed by atoms with van der Waals surface area (Å²) in [6.45, 7) is 1.97. The molecule has 0 unspecified atom stereocenters. The van der Waals surface area contributed by atoms with Gasteiger partial charge in [-0.05, 0) is 37.6 Å². The summed E-state index contributed by atoms with van der Waals surface area (Å²) in [5, 5.41) is 11.6. The van der Waals surface area contributed by atoms with Crippen LogP contribution in [0.5, 0.6) is 5.75 Å². The van der Waals surface area contributed by atoms with E-state index in [1.54, 1.807) is 18.2 Å². The van der Waals surface area contributed by atoms with Crippen LogP contribution in [-0.4, -0.2) is 36.4 Å². The number of hydrogen-bond donors (Lipinski definition) is 2. The molecule has 0 saturated carbocycles. The van der Waals surface area contributed by atoms with Crippen molar-refractivity contribution < 1.29 is 27.8 Å². The molecule has 1 aliphatic heterocycles. The lowest BCUT2D eigenvalue weighted by Gasteiger charge is -2.24. The summed E-state index contributed by atoms with van der Waals surface area (Å²) < 4.78 is 37.5. The highest BCUT2D eigenvalue weighted by Crippen LogP contribution is 2.25. The summed E-state index contributed by atoms with van der Waals surface area (Å²) in [4.78, 5) is 8.90. The van der Waals surface area contributed by atoms with Gasteiger partial charge in [0.25, 0.3) is 0 Å². The first-order valence-corrected chi connectivity index (χ1v) is 7.07. The summed E-state index contributed by atoms with van der Waals surface area (Å²) >= 11 is 11.8. The summed E-state index contributed by atoms with van der Waals surface area (Å²) in [7, 11) is 0. The first-order chi connectivity index (χ1) is 10.2. The average Bonchev–Trinajstić information content (AvgIpc) is 2.38. The van der Waals surface area contributed by atoms with Crippen molar-refractivity contribution in [2.75, 3.05) is 13.1 Å². The molecule has 0 amide bonds. The van der Waals surface area contributed by atoms with E-state index < -0.39 is 12.1 Å². The van der Waals surface area contributed by atoms with E-state index in [0.29, 0.717) is 10.0 Å². The number of piperidine rings is 1. The van der Waals surface area contributed by atoms with E-state index >= 15 is 0 Å². The lowest BCUT2D eigenvalue weighted by Crippen LogP contribution is -2.37. The van der Waals surface area contributed by atoms with Crippen molar-refractivity contribution in [2.24, 2.45) is 0 Å². The Balaban J connectivity index is 0.000000295. The molecule has 0 spiro atoms. The van der Waals surface area contributed by atoms with Gasteiger partial charge in [-0.3, -0.25) is 0 Å². The van der Waals surface area contributed by atoms with E-state index in [-0.39, 0.29) is 6.10 Å². The molecule has 2 rings (SSSR count). The minimum atomic E-state index is -5.08. The van der Waals surface area contributed by atoms with Crippen molar-refractivity contribution in [3.05, 3.63) is 28.2 Å². The molecular weight excluding hydrogens is 346 g/mol. The number of rotatable bonds is 2. The van der Waals surface area contributed by atoms with Gasteiger partial charge < -0.3 is 15.2 Å². The molecule has 4 nitrogen and oxygen atoms in total. The van der Waals surface area contributed by atoms with Crippen LogP contribution < -0.4 is 10.1 Å². The monoisotopic (exact) mass is 359 g/mol. The number of benzene rings is 1. The Kier molecular flexibility index (Phi) is 7.25. The molecule has 1 atom stereocenters. The lowest BCUT2D eigenvalue weighted by molar-refractivity contribution is -0.192. The van der Waals surface area contributed by atoms with Crippen LogP contribution in [0.1, 0.15) is 12.8 Å². The number of carboxylic acid groups (broad SMARTS) is 1. The minimum Gasteiger partial charge on any atom is -0.489 e. The van der Waals surface area contributed by atoms with E-state index in [1.165, 1.54) is 0 Å². The second-order valence-corrected chi connectivity index (χ2v) is 5.37. The largest absolute Gasteiger partial charge is 0.490 e. The zero-order valence-electron chi connectivity index (χ0n) is 11.3. The first kappa shape index (κ1) is 18.9. The number of carboxylic acids is 1. The quantitative estimate of drug-likeness (QED) is 0.843. The molecule has 0 aromatic heterocycles. The molecule has 22 heavy (non-hydrogen) atoms. The summed E-state index contributed by atoms with van der Waals surface area (Å²) in [6, 6.07) is 5.29. The van der Waals surface area contributed by atoms with Crippen LogP contribution in [0, 0.1) is 0 Å². The predicted molar refractivity (Wildman–Crippen MR) is 76.7 cm³/mol. The van der Waals surface area contributed by atoms with E-state index in [0.717, 1.165) is 31.7 Å². The zero-order valence-corrected chi connectivity index (χ0v) is 12.8. The van der Waals surface area contributed by atoms with Crippen molar-refractivity contribution in [1.29, 1.82) is 0 Å². The second-order valence-electron chi connectivity index (χ2n) is 4.49. The normalized spacial score (nSPS) is 18.1. The van der Waals surface area contributed by atoms with Crippen LogP contribution in [0.3, 0.4) is 0 Å². The molecule has 1 fully saturated rings. The minimum absolute atomic E-state index is 0.230. The van der Waals surface area contributed by atoms with Gasteiger partial charge in [-0.1, -0.05) is 23.2 Å². The molecular formula is C13H14Cl2F3NO3. The van der Waals surface area contributed by atoms with Gasteiger partial charge in [0.1, 0.15) is 11.9 Å².